The van der Waals surface area contributed by atoms with Crippen LogP contribution in [0, 0.1) is 0 Å². The molecule has 1 amide bonds. The number of hydrogen-bond donors (Lipinski definition) is 2. The molecule has 1 aromatic carbocycles. The molecule has 0 saturated carbocycles. The lowest BCUT2D eigenvalue weighted by atomic mass is 10.3. The summed E-state index contributed by atoms with van der Waals surface area (Å²) < 4.78 is 5.10. The van der Waals surface area contributed by atoms with Gasteiger partial charge in [0, 0.05) is 18.8 Å². The van der Waals surface area contributed by atoms with Crippen molar-refractivity contribution in [3.63, 3.8) is 0 Å². The van der Waals surface area contributed by atoms with Gasteiger partial charge in [0.15, 0.2) is 6.61 Å². The van der Waals surface area contributed by atoms with Gasteiger partial charge in [0.2, 0.25) is 0 Å². The topological polar surface area (TPSA) is 64.3 Å². The molecule has 0 bridgehead atoms. The van der Waals surface area contributed by atoms with E-state index < -0.39 is 5.91 Å². The number of carbonyl (C=O) groups excluding carboxylic acids is 1. The first-order valence-corrected chi connectivity index (χ1v) is 3.91. The molecule has 0 aliphatic rings. The fourth-order valence-electron chi connectivity index (χ4n) is 0.896. The van der Waals surface area contributed by atoms with Crippen LogP contribution in [0.1, 0.15) is 0 Å². The molecule has 0 fully saturated rings. The van der Waals surface area contributed by atoms with Gasteiger partial charge in [-0.2, -0.15) is 0 Å². The second-order valence-electron chi connectivity index (χ2n) is 2.53. The second-order valence-corrected chi connectivity index (χ2v) is 2.53. The summed E-state index contributed by atoms with van der Waals surface area (Å²) >= 11 is 0. The maximum Gasteiger partial charge on any atom is 0.255 e. The number of amides is 1. The molecule has 0 aliphatic carbocycles. The van der Waals surface area contributed by atoms with Gasteiger partial charge in [-0.05, 0) is 12.1 Å². The standard InChI is InChI=1S/C9H12N2O2/c1-11-7-3-2-4-8(5-7)13-6-9(10)12/h2-5,11H,6H2,1H3,(H2,10,12). The average molecular weight is 180 g/mol. The summed E-state index contributed by atoms with van der Waals surface area (Å²) in [5.41, 5.74) is 5.86. The predicted octanol–water partition coefficient (Wildman–Crippen LogP) is 0.592. The molecule has 0 heterocycles. The van der Waals surface area contributed by atoms with Crippen molar-refractivity contribution in [1.29, 1.82) is 0 Å². The fourth-order valence-corrected chi connectivity index (χ4v) is 0.896. The van der Waals surface area contributed by atoms with E-state index in [4.69, 9.17) is 10.5 Å². The molecule has 0 saturated heterocycles. The number of anilines is 1. The Labute approximate surface area is 76.7 Å². The first kappa shape index (κ1) is 9.38. The SMILES string of the molecule is CNc1cccc(OCC(N)=O)c1. The van der Waals surface area contributed by atoms with Crippen molar-refractivity contribution in [3.05, 3.63) is 24.3 Å². The van der Waals surface area contributed by atoms with Gasteiger partial charge < -0.3 is 15.8 Å². The molecule has 4 nitrogen and oxygen atoms in total. The van der Waals surface area contributed by atoms with E-state index >= 15 is 0 Å². The molecular weight excluding hydrogens is 168 g/mol. The van der Waals surface area contributed by atoms with Gasteiger partial charge >= 0.3 is 0 Å². The molecule has 0 aliphatic heterocycles. The van der Waals surface area contributed by atoms with Crippen LogP contribution in [0.25, 0.3) is 0 Å². The Balaban J connectivity index is 2.61. The van der Waals surface area contributed by atoms with Gasteiger partial charge in [-0.25, -0.2) is 0 Å². The van der Waals surface area contributed by atoms with Crippen LogP contribution in [-0.2, 0) is 4.79 Å². The Bertz CT molecular complexity index is 299. The minimum absolute atomic E-state index is 0.0901. The van der Waals surface area contributed by atoms with Crippen LogP contribution < -0.4 is 15.8 Å². The third-order valence-electron chi connectivity index (χ3n) is 1.50. The van der Waals surface area contributed by atoms with Crippen molar-refractivity contribution >= 4 is 11.6 Å². The van der Waals surface area contributed by atoms with E-state index in [-0.39, 0.29) is 6.61 Å². The highest BCUT2D eigenvalue weighted by atomic mass is 16.5. The molecule has 1 aromatic rings. The summed E-state index contributed by atoms with van der Waals surface area (Å²) in [7, 11) is 1.81. The van der Waals surface area contributed by atoms with Gasteiger partial charge in [0.25, 0.3) is 5.91 Å². The lowest BCUT2D eigenvalue weighted by molar-refractivity contribution is -0.119. The Morgan fingerprint density at radius 2 is 2.38 bits per heavy atom. The lowest BCUT2D eigenvalue weighted by Gasteiger charge is -2.05. The predicted molar refractivity (Wildman–Crippen MR) is 50.7 cm³/mol. The van der Waals surface area contributed by atoms with Crippen LogP contribution >= 0.6 is 0 Å². The van der Waals surface area contributed by atoms with Gasteiger partial charge in [-0.15, -0.1) is 0 Å². The highest BCUT2D eigenvalue weighted by Gasteiger charge is 1.97. The number of ether oxygens (including phenoxy) is 1. The number of primary amides is 1. The van der Waals surface area contributed by atoms with E-state index in [2.05, 4.69) is 5.32 Å². The van der Waals surface area contributed by atoms with Crippen molar-refractivity contribution in [3.8, 4) is 5.75 Å². The number of nitrogens with one attached hydrogen (secondary N) is 1. The van der Waals surface area contributed by atoms with Crippen molar-refractivity contribution in [2.24, 2.45) is 5.73 Å². The number of benzene rings is 1. The molecule has 3 N–H and O–H groups in total. The van der Waals surface area contributed by atoms with Crippen LogP contribution in [0.3, 0.4) is 0 Å². The summed E-state index contributed by atoms with van der Waals surface area (Å²) in [5, 5.41) is 2.96. The molecule has 70 valence electrons. The molecule has 1 rings (SSSR count). The Kier molecular flexibility index (Phi) is 3.14. The van der Waals surface area contributed by atoms with Crippen LogP contribution in [0.5, 0.6) is 5.75 Å². The van der Waals surface area contributed by atoms with Gasteiger partial charge in [-0.3, -0.25) is 4.79 Å². The average Bonchev–Trinajstić information content (AvgIpc) is 2.15. The molecule has 0 spiro atoms. The van der Waals surface area contributed by atoms with E-state index in [0.29, 0.717) is 5.75 Å². The highest BCUT2D eigenvalue weighted by molar-refractivity contribution is 5.75. The molecular formula is C9H12N2O2. The van der Waals surface area contributed by atoms with Gasteiger partial charge in [-0.1, -0.05) is 6.07 Å². The third kappa shape index (κ3) is 3.02. The van der Waals surface area contributed by atoms with Gasteiger partial charge in [0.1, 0.15) is 5.75 Å². The number of nitrogens with two attached hydrogens (primary N) is 1. The van der Waals surface area contributed by atoms with Crippen molar-refractivity contribution in [2.45, 2.75) is 0 Å². The zero-order valence-corrected chi connectivity index (χ0v) is 7.41. The van der Waals surface area contributed by atoms with Crippen LogP contribution in [-0.4, -0.2) is 19.6 Å². The van der Waals surface area contributed by atoms with Crippen LogP contribution in [0.15, 0.2) is 24.3 Å². The van der Waals surface area contributed by atoms with E-state index in [1.807, 2.05) is 19.2 Å². The maximum atomic E-state index is 10.4. The van der Waals surface area contributed by atoms with Crippen molar-refractivity contribution in [1.82, 2.24) is 0 Å². The number of carbonyl (C=O) groups is 1. The van der Waals surface area contributed by atoms with E-state index in [1.165, 1.54) is 0 Å². The summed E-state index contributed by atoms with van der Waals surface area (Å²) in [4.78, 5) is 10.4. The Hall–Kier alpha value is -1.71. The molecule has 4 heteroatoms. The van der Waals surface area contributed by atoms with E-state index in [1.54, 1.807) is 12.1 Å². The Morgan fingerprint density at radius 3 is 3.00 bits per heavy atom. The minimum atomic E-state index is -0.477. The second kappa shape index (κ2) is 4.35. The van der Waals surface area contributed by atoms with Gasteiger partial charge in [0.05, 0.1) is 0 Å². The molecule has 13 heavy (non-hydrogen) atoms. The summed E-state index contributed by atoms with van der Waals surface area (Å²) in [6.07, 6.45) is 0. The first-order chi connectivity index (χ1) is 6.22. The van der Waals surface area contributed by atoms with Crippen molar-refractivity contribution in [2.75, 3.05) is 19.0 Å². The zero-order valence-electron chi connectivity index (χ0n) is 7.41. The summed E-state index contributed by atoms with van der Waals surface area (Å²) in [6, 6.07) is 7.30. The maximum absolute atomic E-state index is 10.4. The summed E-state index contributed by atoms with van der Waals surface area (Å²) in [5.74, 6) is 0.153. The van der Waals surface area contributed by atoms with E-state index in [0.717, 1.165) is 5.69 Å². The molecule has 0 aromatic heterocycles. The summed E-state index contributed by atoms with van der Waals surface area (Å²) in [6.45, 7) is -0.0901. The smallest absolute Gasteiger partial charge is 0.255 e. The quantitative estimate of drug-likeness (QED) is 0.712. The largest absolute Gasteiger partial charge is 0.484 e. The highest BCUT2D eigenvalue weighted by Crippen LogP contribution is 2.16. The molecule has 0 unspecified atom stereocenters. The first-order valence-electron chi connectivity index (χ1n) is 3.91. The lowest BCUT2D eigenvalue weighted by Crippen LogP contribution is -2.19. The minimum Gasteiger partial charge on any atom is -0.484 e. The number of hydrogen-bond acceptors (Lipinski definition) is 3. The monoisotopic (exact) mass is 180 g/mol. The molecule has 0 radical (unpaired) electrons. The normalized spacial score (nSPS) is 9.31. The zero-order chi connectivity index (χ0) is 9.68. The Morgan fingerprint density at radius 1 is 1.62 bits per heavy atom. The molecule has 0 atom stereocenters. The van der Waals surface area contributed by atoms with Crippen molar-refractivity contribution < 1.29 is 9.53 Å². The third-order valence-corrected chi connectivity index (χ3v) is 1.50. The fraction of sp³-hybridized carbons (Fsp3) is 0.222. The van der Waals surface area contributed by atoms with Crippen LogP contribution in [0.4, 0.5) is 5.69 Å². The number of rotatable bonds is 4. The van der Waals surface area contributed by atoms with E-state index in [9.17, 15) is 4.79 Å². The van der Waals surface area contributed by atoms with Crippen LogP contribution in [0.2, 0.25) is 0 Å².